The van der Waals surface area contributed by atoms with Crippen LogP contribution in [0.15, 0.2) is 28.9 Å². The number of hydrogen-bond acceptors (Lipinski definition) is 4. The predicted molar refractivity (Wildman–Crippen MR) is 89.1 cm³/mol. The van der Waals surface area contributed by atoms with Gasteiger partial charge in [0.05, 0.1) is 19.9 Å². The Morgan fingerprint density at radius 2 is 1.86 bits per heavy atom. The number of halogens is 1. The molecule has 0 saturated heterocycles. The van der Waals surface area contributed by atoms with E-state index in [1.54, 1.807) is 14.2 Å². The minimum Gasteiger partial charge on any atom is -0.497 e. The summed E-state index contributed by atoms with van der Waals surface area (Å²) in [4.78, 5) is 8.99. The maximum absolute atomic E-state index is 5.53. The standard InChI is InChI=1S/C16H16BrN3O2/c1-9-12-5-6-20(16(12)19-10(2)18-9)15-13(17)7-11(21-3)8-14(15)22-4/h5-8H,1-4H3. The van der Waals surface area contributed by atoms with Gasteiger partial charge in [0, 0.05) is 22.1 Å². The van der Waals surface area contributed by atoms with Crippen molar-refractivity contribution in [2.75, 3.05) is 14.2 Å². The molecule has 1 aromatic carbocycles. The molecule has 0 fully saturated rings. The Morgan fingerprint density at radius 3 is 2.55 bits per heavy atom. The van der Waals surface area contributed by atoms with Gasteiger partial charge in [-0.2, -0.15) is 0 Å². The summed E-state index contributed by atoms with van der Waals surface area (Å²) in [6.45, 7) is 3.88. The summed E-state index contributed by atoms with van der Waals surface area (Å²) in [5, 5.41) is 1.02. The van der Waals surface area contributed by atoms with Crippen molar-refractivity contribution in [1.29, 1.82) is 0 Å². The minimum absolute atomic E-state index is 0.706. The van der Waals surface area contributed by atoms with Crippen molar-refractivity contribution in [1.82, 2.24) is 14.5 Å². The van der Waals surface area contributed by atoms with E-state index >= 15 is 0 Å². The van der Waals surface area contributed by atoms with E-state index in [0.29, 0.717) is 5.75 Å². The highest BCUT2D eigenvalue weighted by Gasteiger charge is 2.16. The molecule has 114 valence electrons. The first-order valence-corrected chi connectivity index (χ1v) is 7.58. The first-order chi connectivity index (χ1) is 10.5. The zero-order chi connectivity index (χ0) is 15.9. The Hall–Kier alpha value is -2.08. The van der Waals surface area contributed by atoms with Crippen LogP contribution >= 0.6 is 15.9 Å². The second-order valence-electron chi connectivity index (χ2n) is 4.94. The quantitative estimate of drug-likeness (QED) is 0.711. The topological polar surface area (TPSA) is 49.2 Å². The molecule has 0 N–H and O–H groups in total. The number of ether oxygens (including phenoxy) is 2. The number of benzene rings is 1. The molecule has 6 heteroatoms. The highest BCUT2D eigenvalue weighted by molar-refractivity contribution is 9.10. The normalized spacial score (nSPS) is 11.0. The van der Waals surface area contributed by atoms with Gasteiger partial charge < -0.3 is 9.47 Å². The summed E-state index contributed by atoms with van der Waals surface area (Å²) in [6.07, 6.45) is 1.97. The molecular formula is C16H16BrN3O2. The van der Waals surface area contributed by atoms with Gasteiger partial charge in [0.25, 0.3) is 0 Å². The minimum atomic E-state index is 0.706. The maximum Gasteiger partial charge on any atom is 0.148 e. The van der Waals surface area contributed by atoms with Crippen LogP contribution in [-0.2, 0) is 0 Å². The molecule has 3 aromatic rings. The lowest BCUT2D eigenvalue weighted by Gasteiger charge is -2.14. The van der Waals surface area contributed by atoms with Crippen LogP contribution in [0.2, 0.25) is 0 Å². The first-order valence-electron chi connectivity index (χ1n) is 6.79. The lowest BCUT2D eigenvalue weighted by atomic mass is 10.2. The number of rotatable bonds is 3. The fourth-order valence-electron chi connectivity index (χ4n) is 2.54. The number of nitrogens with zero attached hydrogens (tertiary/aromatic N) is 3. The first kappa shape index (κ1) is 14.8. The number of fused-ring (bicyclic) bond motifs is 1. The summed E-state index contributed by atoms with van der Waals surface area (Å²) in [7, 11) is 3.27. The Kier molecular flexibility index (Phi) is 3.78. The molecule has 0 bridgehead atoms. The lowest BCUT2D eigenvalue weighted by Crippen LogP contribution is -2.02. The molecule has 0 aliphatic heterocycles. The molecule has 3 rings (SSSR count). The van der Waals surface area contributed by atoms with E-state index in [1.165, 1.54) is 0 Å². The summed E-state index contributed by atoms with van der Waals surface area (Å²) < 4.78 is 13.7. The van der Waals surface area contributed by atoms with Crippen LogP contribution in [0.1, 0.15) is 11.5 Å². The van der Waals surface area contributed by atoms with Gasteiger partial charge in [0.2, 0.25) is 0 Å². The van der Waals surface area contributed by atoms with E-state index in [2.05, 4.69) is 25.9 Å². The third kappa shape index (κ3) is 2.33. The van der Waals surface area contributed by atoms with E-state index in [-0.39, 0.29) is 0 Å². The van der Waals surface area contributed by atoms with Gasteiger partial charge in [0.1, 0.15) is 28.7 Å². The van der Waals surface area contributed by atoms with Crippen LogP contribution in [-0.4, -0.2) is 28.8 Å². The molecule has 0 saturated carbocycles. The van der Waals surface area contributed by atoms with Crippen molar-refractivity contribution in [3.8, 4) is 17.2 Å². The highest BCUT2D eigenvalue weighted by atomic mass is 79.9. The zero-order valence-electron chi connectivity index (χ0n) is 12.8. The number of aryl methyl sites for hydroxylation is 2. The van der Waals surface area contributed by atoms with Gasteiger partial charge in [-0.1, -0.05) is 0 Å². The second kappa shape index (κ2) is 5.61. The predicted octanol–water partition coefficient (Wildman–Crippen LogP) is 3.82. The third-order valence-corrected chi connectivity index (χ3v) is 4.15. The van der Waals surface area contributed by atoms with Crippen molar-refractivity contribution < 1.29 is 9.47 Å². The average Bonchev–Trinajstić information content (AvgIpc) is 2.89. The summed E-state index contributed by atoms with van der Waals surface area (Å²) >= 11 is 3.60. The van der Waals surface area contributed by atoms with E-state index in [9.17, 15) is 0 Å². The molecule has 0 unspecified atom stereocenters. The Balaban J connectivity index is 2.32. The maximum atomic E-state index is 5.53. The SMILES string of the molecule is COc1cc(Br)c(-n2ccc3c(C)nc(C)nc32)c(OC)c1. The van der Waals surface area contributed by atoms with Gasteiger partial charge in [-0.3, -0.25) is 4.57 Å². The Morgan fingerprint density at radius 1 is 1.09 bits per heavy atom. The number of aromatic nitrogens is 3. The summed E-state index contributed by atoms with van der Waals surface area (Å²) in [5.74, 6) is 2.18. The molecule has 0 radical (unpaired) electrons. The molecule has 0 amide bonds. The van der Waals surface area contributed by atoms with Crippen molar-refractivity contribution in [2.45, 2.75) is 13.8 Å². The zero-order valence-corrected chi connectivity index (χ0v) is 14.4. The van der Waals surface area contributed by atoms with Crippen molar-refractivity contribution in [2.24, 2.45) is 0 Å². The summed E-state index contributed by atoms with van der Waals surface area (Å²) in [5.41, 5.74) is 2.70. The van der Waals surface area contributed by atoms with Crippen molar-refractivity contribution in [3.63, 3.8) is 0 Å². The van der Waals surface area contributed by atoms with Gasteiger partial charge in [-0.15, -0.1) is 0 Å². The van der Waals surface area contributed by atoms with E-state index in [1.807, 2.05) is 42.8 Å². The van der Waals surface area contributed by atoms with Crippen LogP contribution in [0.4, 0.5) is 0 Å². The summed E-state index contributed by atoms with van der Waals surface area (Å²) in [6, 6.07) is 5.78. The monoisotopic (exact) mass is 361 g/mol. The molecule has 0 atom stereocenters. The van der Waals surface area contributed by atoms with Crippen LogP contribution in [0.5, 0.6) is 11.5 Å². The fourth-order valence-corrected chi connectivity index (χ4v) is 3.15. The van der Waals surface area contributed by atoms with Crippen molar-refractivity contribution in [3.05, 3.63) is 40.4 Å². The largest absolute Gasteiger partial charge is 0.497 e. The molecule has 0 aliphatic rings. The van der Waals surface area contributed by atoms with Gasteiger partial charge >= 0.3 is 0 Å². The van der Waals surface area contributed by atoms with Gasteiger partial charge in [-0.05, 0) is 41.9 Å². The van der Waals surface area contributed by atoms with Crippen LogP contribution < -0.4 is 9.47 Å². The molecule has 0 aliphatic carbocycles. The van der Waals surface area contributed by atoms with Gasteiger partial charge in [0.15, 0.2) is 0 Å². The number of hydrogen-bond donors (Lipinski definition) is 0. The molecule has 2 heterocycles. The van der Waals surface area contributed by atoms with Gasteiger partial charge in [-0.25, -0.2) is 9.97 Å². The second-order valence-corrected chi connectivity index (χ2v) is 5.79. The lowest BCUT2D eigenvalue weighted by molar-refractivity contribution is 0.393. The molecule has 5 nitrogen and oxygen atoms in total. The van der Waals surface area contributed by atoms with E-state index in [4.69, 9.17) is 9.47 Å². The number of methoxy groups -OCH3 is 2. The average molecular weight is 362 g/mol. The Labute approximate surface area is 137 Å². The van der Waals surface area contributed by atoms with Crippen LogP contribution in [0.25, 0.3) is 16.7 Å². The molecule has 2 aromatic heterocycles. The fraction of sp³-hybridized carbons (Fsp3) is 0.250. The van der Waals surface area contributed by atoms with E-state index in [0.717, 1.165) is 38.5 Å². The molecular weight excluding hydrogens is 346 g/mol. The van der Waals surface area contributed by atoms with Crippen LogP contribution in [0.3, 0.4) is 0 Å². The van der Waals surface area contributed by atoms with Crippen LogP contribution in [0, 0.1) is 13.8 Å². The third-order valence-electron chi connectivity index (χ3n) is 3.54. The van der Waals surface area contributed by atoms with E-state index < -0.39 is 0 Å². The highest BCUT2D eigenvalue weighted by Crippen LogP contribution is 2.37. The van der Waals surface area contributed by atoms with Crippen molar-refractivity contribution >= 4 is 27.0 Å². The smallest absolute Gasteiger partial charge is 0.148 e. The molecule has 0 spiro atoms. The Bertz CT molecular complexity index is 858. The molecule has 22 heavy (non-hydrogen) atoms.